The molecule has 0 aliphatic heterocycles. The molecule has 2 nitrogen and oxygen atoms in total. The maximum Gasteiger partial charge on any atom is 0.0456 e. The lowest BCUT2D eigenvalue weighted by Gasteiger charge is -2.27. The third-order valence-corrected chi connectivity index (χ3v) is 3.08. The van der Waals surface area contributed by atoms with Crippen LogP contribution >= 0.6 is 15.9 Å². The number of alkyl halides is 1. The molecular formula is C7H10BrO2-. The zero-order chi connectivity index (χ0) is 7.56. The maximum absolute atomic E-state index is 10.4. The van der Waals surface area contributed by atoms with Crippen molar-refractivity contribution in [2.45, 2.75) is 30.5 Å². The Morgan fingerprint density at radius 2 is 2.00 bits per heavy atom. The lowest BCUT2D eigenvalue weighted by atomic mass is 9.89. The molecule has 0 spiro atoms. The Bertz CT molecular complexity index is 136. The molecule has 2 unspecified atom stereocenters. The normalized spacial score (nSPS) is 33.7. The lowest BCUT2D eigenvalue weighted by molar-refractivity contribution is -0.312. The zero-order valence-electron chi connectivity index (χ0n) is 5.68. The van der Waals surface area contributed by atoms with Crippen molar-refractivity contribution < 1.29 is 9.90 Å². The minimum Gasteiger partial charge on any atom is -0.550 e. The summed E-state index contributed by atoms with van der Waals surface area (Å²) in [4.78, 5) is 10.6. The molecule has 1 fully saturated rings. The van der Waals surface area contributed by atoms with Gasteiger partial charge in [-0.15, -0.1) is 0 Å². The first-order valence-electron chi connectivity index (χ1n) is 3.56. The standard InChI is InChI=1S/C7H11BrO2/c8-6-4-2-1-3-5(6)7(9)10/h5-6H,1-4H2,(H,9,10)/p-1. The molecule has 0 bridgehead atoms. The van der Waals surface area contributed by atoms with E-state index >= 15 is 0 Å². The molecule has 0 aromatic rings. The van der Waals surface area contributed by atoms with Crippen LogP contribution in [0, 0.1) is 5.92 Å². The number of carboxylic acids is 1. The van der Waals surface area contributed by atoms with Crippen LogP contribution in [0.2, 0.25) is 0 Å². The third kappa shape index (κ3) is 1.72. The van der Waals surface area contributed by atoms with Gasteiger partial charge in [0.05, 0.1) is 0 Å². The molecule has 10 heavy (non-hydrogen) atoms. The van der Waals surface area contributed by atoms with Gasteiger partial charge in [-0.1, -0.05) is 28.8 Å². The monoisotopic (exact) mass is 205 g/mol. The van der Waals surface area contributed by atoms with Gasteiger partial charge in [0, 0.05) is 16.7 Å². The minimum absolute atomic E-state index is 0.145. The zero-order valence-corrected chi connectivity index (χ0v) is 7.26. The summed E-state index contributed by atoms with van der Waals surface area (Å²) in [6.07, 6.45) is 3.91. The summed E-state index contributed by atoms with van der Waals surface area (Å²) in [7, 11) is 0. The number of carbonyl (C=O) groups is 1. The van der Waals surface area contributed by atoms with Crippen LogP contribution in [0.15, 0.2) is 0 Å². The molecule has 0 amide bonds. The van der Waals surface area contributed by atoms with Crippen LogP contribution in [0.3, 0.4) is 0 Å². The molecule has 0 aromatic carbocycles. The molecule has 1 rings (SSSR count). The maximum atomic E-state index is 10.4. The first kappa shape index (κ1) is 8.05. The summed E-state index contributed by atoms with van der Waals surface area (Å²) < 4.78 is 0. The van der Waals surface area contributed by atoms with Gasteiger partial charge >= 0.3 is 0 Å². The van der Waals surface area contributed by atoms with Gasteiger partial charge in [0.15, 0.2) is 0 Å². The van der Waals surface area contributed by atoms with Crippen molar-refractivity contribution in [1.29, 1.82) is 0 Å². The van der Waals surface area contributed by atoms with Crippen molar-refractivity contribution in [3.8, 4) is 0 Å². The first-order valence-corrected chi connectivity index (χ1v) is 4.48. The highest BCUT2D eigenvalue weighted by Crippen LogP contribution is 2.29. The Kier molecular flexibility index (Phi) is 2.72. The fraction of sp³-hybridized carbons (Fsp3) is 0.857. The van der Waals surface area contributed by atoms with Gasteiger partial charge in [-0.25, -0.2) is 0 Å². The van der Waals surface area contributed by atoms with Crippen molar-refractivity contribution in [2.24, 2.45) is 5.92 Å². The van der Waals surface area contributed by atoms with E-state index in [1.165, 1.54) is 0 Å². The molecule has 0 radical (unpaired) electrons. The molecule has 3 heteroatoms. The highest BCUT2D eigenvalue weighted by Gasteiger charge is 2.23. The van der Waals surface area contributed by atoms with Crippen LogP contribution < -0.4 is 5.11 Å². The van der Waals surface area contributed by atoms with Crippen LogP contribution in [-0.2, 0) is 4.79 Å². The summed E-state index contributed by atoms with van der Waals surface area (Å²) >= 11 is 3.33. The second kappa shape index (κ2) is 3.37. The molecule has 0 aromatic heterocycles. The number of rotatable bonds is 1. The number of aliphatic carboxylic acids is 1. The summed E-state index contributed by atoms with van der Waals surface area (Å²) in [5.74, 6) is -1.16. The molecule has 0 saturated heterocycles. The van der Waals surface area contributed by atoms with Gasteiger partial charge < -0.3 is 9.90 Å². The summed E-state index contributed by atoms with van der Waals surface area (Å²) in [6.45, 7) is 0. The number of hydrogen-bond acceptors (Lipinski definition) is 2. The summed E-state index contributed by atoms with van der Waals surface area (Å²) in [5, 5.41) is 10.4. The summed E-state index contributed by atoms with van der Waals surface area (Å²) in [5.41, 5.74) is 0. The Balaban J connectivity index is 2.47. The molecular weight excluding hydrogens is 196 g/mol. The van der Waals surface area contributed by atoms with Gasteiger partial charge in [0.2, 0.25) is 0 Å². The molecule has 1 aliphatic rings. The van der Waals surface area contributed by atoms with E-state index in [9.17, 15) is 9.90 Å². The van der Waals surface area contributed by atoms with Crippen molar-refractivity contribution >= 4 is 21.9 Å². The highest BCUT2D eigenvalue weighted by atomic mass is 79.9. The molecule has 1 saturated carbocycles. The van der Waals surface area contributed by atoms with E-state index in [1.807, 2.05) is 0 Å². The van der Waals surface area contributed by atoms with Crippen molar-refractivity contribution in [2.75, 3.05) is 0 Å². The van der Waals surface area contributed by atoms with Gasteiger partial charge in [-0.3, -0.25) is 0 Å². The Morgan fingerprint density at radius 1 is 1.40 bits per heavy atom. The average Bonchev–Trinajstić information content (AvgIpc) is 1.88. The van der Waals surface area contributed by atoms with Crippen LogP contribution in [0.1, 0.15) is 25.7 Å². The molecule has 0 N–H and O–H groups in total. The van der Waals surface area contributed by atoms with Gasteiger partial charge in [0.25, 0.3) is 0 Å². The van der Waals surface area contributed by atoms with E-state index in [-0.39, 0.29) is 10.7 Å². The Morgan fingerprint density at radius 3 is 2.40 bits per heavy atom. The van der Waals surface area contributed by atoms with Gasteiger partial charge in [-0.05, 0) is 12.8 Å². The quantitative estimate of drug-likeness (QED) is 0.592. The number of carbonyl (C=O) groups excluding carboxylic acids is 1. The summed E-state index contributed by atoms with van der Waals surface area (Å²) in [6, 6.07) is 0. The van der Waals surface area contributed by atoms with Crippen LogP contribution in [-0.4, -0.2) is 10.8 Å². The molecule has 1 aliphatic carbocycles. The van der Waals surface area contributed by atoms with Crippen LogP contribution in [0.4, 0.5) is 0 Å². The van der Waals surface area contributed by atoms with E-state index in [4.69, 9.17) is 0 Å². The largest absolute Gasteiger partial charge is 0.550 e. The van der Waals surface area contributed by atoms with Crippen molar-refractivity contribution in [3.63, 3.8) is 0 Å². The topological polar surface area (TPSA) is 40.1 Å². The Hall–Kier alpha value is -0.0500. The third-order valence-electron chi connectivity index (χ3n) is 1.98. The van der Waals surface area contributed by atoms with Crippen molar-refractivity contribution in [3.05, 3.63) is 0 Å². The van der Waals surface area contributed by atoms with E-state index < -0.39 is 5.97 Å². The van der Waals surface area contributed by atoms with Crippen LogP contribution in [0.5, 0.6) is 0 Å². The fourth-order valence-corrected chi connectivity index (χ4v) is 2.16. The number of carboxylic acid groups (broad SMARTS) is 1. The minimum atomic E-state index is -0.901. The fourth-order valence-electron chi connectivity index (χ4n) is 1.35. The van der Waals surface area contributed by atoms with Gasteiger partial charge in [-0.2, -0.15) is 0 Å². The number of halogens is 1. The van der Waals surface area contributed by atoms with E-state index in [2.05, 4.69) is 15.9 Å². The van der Waals surface area contributed by atoms with Crippen molar-refractivity contribution in [1.82, 2.24) is 0 Å². The second-order valence-corrected chi connectivity index (χ2v) is 3.90. The predicted octanol–water partition coefficient (Wildman–Crippen LogP) is 0.690. The predicted molar refractivity (Wildman–Crippen MR) is 39.7 cm³/mol. The smallest absolute Gasteiger partial charge is 0.0456 e. The second-order valence-electron chi connectivity index (χ2n) is 2.73. The molecule has 2 atom stereocenters. The SMILES string of the molecule is O=C([O-])C1CCCCC1Br. The lowest BCUT2D eigenvalue weighted by Crippen LogP contribution is -2.37. The number of hydrogen-bond donors (Lipinski definition) is 0. The van der Waals surface area contributed by atoms with E-state index in [0.717, 1.165) is 25.7 Å². The highest BCUT2D eigenvalue weighted by molar-refractivity contribution is 9.09. The molecule has 58 valence electrons. The average molecular weight is 206 g/mol. The van der Waals surface area contributed by atoms with E-state index in [0.29, 0.717) is 0 Å². The first-order chi connectivity index (χ1) is 4.72. The van der Waals surface area contributed by atoms with E-state index in [1.54, 1.807) is 0 Å². The Labute approximate surface area is 68.7 Å². The molecule has 0 heterocycles. The van der Waals surface area contributed by atoms with Gasteiger partial charge in [0.1, 0.15) is 0 Å². The van der Waals surface area contributed by atoms with Crippen LogP contribution in [0.25, 0.3) is 0 Å².